The highest BCUT2D eigenvalue weighted by Crippen LogP contribution is 2.35. The van der Waals surface area contributed by atoms with Crippen LogP contribution in [0.5, 0.6) is 0 Å². The maximum absolute atomic E-state index is 5.44. The van der Waals surface area contributed by atoms with Gasteiger partial charge in [-0.3, -0.25) is 4.98 Å². The Morgan fingerprint density at radius 3 is 2.52 bits per heavy atom. The predicted octanol–water partition coefficient (Wildman–Crippen LogP) is 3.89. The quantitative estimate of drug-likeness (QED) is 0.640. The standard InChI is InChI=1S/C17H22N6OS/c1-6-23-13(12-7-9-18-10-8-12)20-21-16(23)25-11(2)14-19-15(22-24-14)17(3,4)5/h7-11H,6H2,1-5H3/t11-/m1/s1. The van der Waals surface area contributed by atoms with E-state index in [0.717, 1.165) is 23.1 Å². The molecule has 132 valence electrons. The van der Waals surface area contributed by atoms with Crippen molar-refractivity contribution >= 4 is 11.8 Å². The third-order valence-corrected chi connectivity index (χ3v) is 4.78. The molecular weight excluding hydrogens is 336 g/mol. The Balaban J connectivity index is 1.83. The van der Waals surface area contributed by atoms with Crippen molar-refractivity contribution in [3.8, 4) is 11.4 Å². The van der Waals surface area contributed by atoms with Gasteiger partial charge in [-0.1, -0.05) is 37.7 Å². The zero-order chi connectivity index (χ0) is 18.0. The highest BCUT2D eigenvalue weighted by molar-refractivity contribution is 7.99. The number of rotatable bonds is 5. The predicted molar refractivity (Wildman–Crippen MR) is 96.2 cm³/mol. The second-order valence-electron chi connectivity index (χ2n) is 6.75. The number of aromatic nitrogens is 6. The van der Waals surface area contributed by atoms with Gasteiger partial charge in [0.2, 0.25) is 5.89 Å². The van der Waals surface area contributed by atoms with Gasteiger partial charge < -0.3 is 9.09 Å². The molecule has 0 unspecified atom stereocenters. The SMILES string of the molecule is CCn1c(S[C@H](C)c2nc(C(C)(C)C)no2)nnc1-c1ccncc1. The van der Waals surface area contributed by atoms with Crippen LogP contribution >= 0.6 is 11.8 Å². The Morgan fingerprint density at radius 1 is 1.20 bits per heavy atom. The molecule has 0 saturated carbocycles. The lowest BCUT2D eigenvalue weighted by Crippen LogP contribution is -2.13. The summed E-state index contributed by atoms with van der Waals surface area (Å²) in [6, 6.07) is 3.86. The molecule has 3 aromatic rings. The van der Waals surface area contributed by atoms with Crippen LogP contribution in [0.1, 0.15) is 51.6 Å². The smallest absolute Gasteiger partial charge is 0.239 e. The van der Waals surface area contributed by atoms with E-state index in [1.807, 2.05) is 19.1 Å². The van der Waals surface area contributed by atoms with Gasteiger partial charge in [-0.15, -0.1) is 10.2 Å². The first kappa shape index (κ1) is 17.6. The fraction of sp³-hybridized carbons (Fsp3) is 0.471. The molecule has 25 heavy (non-hydrogen) atoms. The fourth-order valence-corrected chi connectivity index (χ4v) is 3.23. The summed E-state index contributed by atoms with van der Waals surface area (Å²) in [5.74, 6) is 2.15. The molecule has 0 aliphatic heterocycles. The summed E-state index contributed by atoms with van der Waals surface area (Å²) in [6.07, 6.45) is 3.51. The van der Waals surface area contributed by atoms with E-state index in [2.05, 4.69) is 57.6 Å². The lowest BCUT2D eigenvalue weighted by atomic mass is 9.96. The van der Waals surface area contributed by atoms with Gasteiger partial charge in [-0.2, -0.15) is 4.98 Å². The molecule has 0 aliphatic carbocycles. The molecule has 0 aliphatic rings. The van der Waals surface area contributed by atoms with E-state index in [1.165, 1.54) is 0 Å². The molecule has 3 heterocycles. The summed E-state index contributed by atoms with van der Waals surface area (Å²) < 4.78 is 7.52. The Morgan fingerprint density at radius 2 is 1.92 bits per heavy atom. The first-order valence-electron chi connectivity index (χ1n) is 8.24. The average Bonchev–Trinajstić information content (AvgIpc) is 3.22. The minimum atomic E-state index is -0.135. The van der Waals surface area contributed by atoms with E-state index >= 15 is 0 Å². The number of pyridine rings is 1. The van der Waals surface area contributed by atoms with Crippen molar-refractivity contribution in [2.24, 2.45) is 0 Å². The molecule has 0 bridgehead atoms. The van der Waals surface area contributed by atoms with Crippen LogP contribution in [0.2, 0.25) is 0 Å². The van der Waals surface area contributed by atoms with Gasteiger partial charge in [0.25, 0.3) is 0 Å². The van der Waals surface area contributed by atoms with E-state index in [1.54, 1.807) is 24.2 Å². The van der Waals surface area contributed by atoms with Crippen molar-refractivity contribution in [1.29, 1.82) is 0 Å². The number of hydrogen-bond acceptors (Lipinski definition) is 7. The molecule has 0 aromatic carbocycles. The third-order valence-electron chi connectivity index (χ3n) is 3.71. The van der Waals surface area contributed by atoms with Crippen molar-refractivity contribution in [1.82, 2.24) is 29.9 Å². The number of hydrogen-bond donors (Lipinski definition) is 0. The van der Waals surface area contributed by atoms with Gasteiger partial charge in [-0.25, -0.2) is 0 Å². The highest BCUT2D eigenvalue weighted by Gasteiger charge is 2.25. The van der Waals surface area contributed by atoms with Gasteiger partial charge in [0.05, 0.1) is 5.25 Å². The molecule has 0 radical (unpaired) electrons. The van der Waals surface area contributed by atoms with Crippen LogP contribution in [0.15, 0.2) is 34.2 Å². The zero-order valence-corrected chi connectivity index (χ0v) is 15.9. The van der Waals surface area contributed by atoms with Gasteiger partial charge in [-0.05, 0) is 26.0 Å². The van der Waals surface area contributed by atoms with E-state index in [4.69, 9.17) is 4.52 Å². The molecule has 0 N–H and O–H groups in total. The normalized spacial score (nSPS) is 13.2. The molecule has 3 aromatic heterocycles. The van der Waals surface area contributed by atoms with Crippen molar-refractivity contribution in [2.75, 3.05) is 0 Å². The van der Waals surface area contributed by atoms with Crippen LogP contribution < -0.4 is 0 Å². The van der Waals surface area contributed by atoms with Crippen LogP contribution in [-0.2, 0) is 12.0 Å². The largest absolute Gasteiger partial charge is 0.338 e. The molecule has 0 amide bonds. The number of nitrogens with zero attached hydrogens (tertiary/aromatic N) is 6. The maximum Gasteiger partial charge on any atom is 0.239 e. The van der Waals surface area contributed by atoms with Gasteiger partial charge in [0.1, 0.15) is 0 Å². The first-order chi connectivity index (χ1) is 11.9. The summed E-state index contributed by atoms with van der Waals surface area (Å²) in [7, 11) is 0. The van der Waals surface area contributed by atoms with E-state index in [9.17, 15) is 0 Å². The monoisotopic (exact) mass is 358 g/mol. The van der Waals surface area contributed by atoms with Crippen LogP contribution in [0, 0.1) is 0 Å². The van der Waals surface area contributed by atoms with Crippen LogP contribution in [-0.4, -0.2) is 29.9 Å². The lowest BCUT2D eigenvalue weighted by Gasteiger charge is -2.11. The second-order valence-corrected chi connectivity index (χ2v) is 8.06. The maximum atomic E-state index is 5.44. The van der Waals surface area contributed by atoms with Crippen LogP contribution in [0.25, 0.3) is 11.4 Å². The molecule has 3 rings (SSSR count). The molecule has 1 atom stereocenters. The molecular formula is C17H22N6OS. The van der Waals surface area contributed by atoms with Crippen molar-refractivity contribution in [3.63, 3.8) is 0 Å². The van der Waals surface area contributed by atoms with E-state index in [-0.39, 0.29) is 10.7 Å². The van der Waals surface area contributed by atoms with Crippen molar-refractivity contribution in [3.05, 3.63) is 36.2 Å². The molecule has 0 spiro atoms. The van der Waals surface area contributed by atoms with Gasteiger partial charge in [0.15, 0.2) is 16.8 Å². The summed E-state index contributed by atoms with van der Waals surface area (Å²) in [4.78, 5) is 8.59. The minimum Gasteiger partial charge on any atom is -0.338 e. The highest BCUT2D eigenvalue weighted by atomic mass is 32.2. The number of thioether (sulfide) groups is 1. The summed E-state index contributed by atoms with van der Waals surface area (Å²) in [5.41, 5.74) is 0.862. The summed E-state index contributed by atoms with van der Waals surface area (Å²) in [5, 5.41) is 13.6. The minimum absolute atomic E-state index is 0.0107. The first-order valence-corrected chi connectivity index (χ1v) is 9.12. The Bertz CT molecular complexity index is 836. The zero-order valence-electron chi connectivity index (χ0n) is 15.1. The molecule has 0 fully saturated rings. The van der Waals surface area contributed by atoms with Crippen LogP contribution in [0.3, 0.4) is 0 Å². The summed E-state index contributed by atoms with van der Waals surface area (Å²) >= 11 is 1.56. The van der Waals surface area contributed by atoms with Crippen molar-refractivity contribution in [2.45, 2.75) is 57.0 Å². The third kappa shape index (κ3) is 3.73. The lowest BCUT2D eigenvalue weighted by molar-refractivity contribution is 0.364. The Kier molecular flexibility index (Phi) is 4.89. The van der Waals surface area contributed by atoms with E-state index < -0.39 is 0 Å². The summed E-state index contributed by atoms with van der Waals surface area (Å²) in [6.45, 7) is 11.1. The average molecular weight is 358 g/mol. The second kappa shape index (κ2) is 6.95. The fourth-order valence-electron chi connectivity index (χ4n) is 2.29. The van der Waals surface area contributed by atoms with Crippen LogP contribution in [0.4, 0.5) is 0 Å². The topological polar surface area (TPSA) is 82.5 Å². The molecule has 8 heteroatoms. The molecule has 0 saturated heterocycles. The van der Waals surface area contributed by atoms with Gasteiger partial charge in [0, 0.05) is 29.9 Å². The Hall–Kier alpha value is -2.22. The van der Waals surface area contributed by atoms with Crippen molar-refractivity contribution < 1.29 is 4.52 Å². The molecule has 7 nitrogen and oxygen atoms in total. The van der Waals surface area contributed by atoms with E-state index in [0.29, 0.717) is 11.7 Å². The Labute approximate surface area is 151 Å². The van der Waals surface area contributed by atoms with Gasteiger partial charge >= 0.3 is 0 Å².